The van der Waals surface area contributed by atoms with Gasteiger partial charge in [0.2, 0.25) is 5.88 Å². The molecule has 3 aromatic rings. The number of aryl methyl sites for hydroxylation is 1. The van der Waals surface area contributed by atoms with Crippen LogP contribution in [0.1, 0.15) is 0 Å². The van der Waals surface area contributed by atoms with Gasteiger partial charge in [0, 0.05) is 18.8 Å². The van der Waals surface area contributed by atoms with E-state index in [4.69, 9.17) is 10.5 Å². The van der Waals surface area contributed by atoms with E-state index < -0.39 is 5.82 Å². The molecule has 0 saturated carbocycles. The predicted octanol–water partition coefficient (Wildman–Crippen LogP) is 1.88. The van der Waals surface area contributed by atoms with E-state index in [2.05, 4.69) is 15.1 Å². The molecular formula is C12H10FN5O. The summed E-state index contributed by atoms with van der Waals surface area (Å²) in [6.07, 6.45) is 2.91. The van der Waals surface area contributed by atoms with Crippen LogP contribution in [0.3, 0.4) is 0 Å². The number of ether oxygens (including phenoxy) is 1. The molecule has 0 aliphatic heterocycles. The van der Waals surface area contributed by atoms with Crippen molar-refractivity contribution in [3.05, 3.63) is 36.5 Å². The lowest BCUT2D eigenvalue weighted by Crippen LogP contribution is -1.96. The highest BCUT2D eigenvalue weighted by Crippen LogP contribution is 2.28. The summed E-state index contributed by atoms with van der Waals surface area (Å²) in [4.78, 5) is 8.07. The minimum absolute atomic E-state index is 0.0538. The predicted molar refractivity (Wildman–Crippen MR) is 67.2 cm³/mol. The number of aromatic nitrogens is 4. The molecule has 0 amide bonds. The normalized spacial score (nSPS) is 10.8. The molecule has 0 atom stereocenters. The third-order valence-electron chi connectivity index (χ3n) is 2.66. The number of rotatable bonds is 2. The molecule has 1 aromatic carbocycles. The van der Waals surface area contributed by atoms with Crippen molar-refractivity contribution in [2.45, 2.75) is 0 Å². The van der Waals surface area contributed by atoms with E-state index in [-0.39, 0.29) is 11.6 Å². The van der Waals surface area contributed by atoms with Gasteiger partial charge in [0.25, 0.3) is 0 Å². The monoisotopic (exact) mass is 259 g/mol. The van der Waals surface area contributed by atoms with Crippen molar-refractivity contribution in [2.24, 2.45) is 7.05 Å². The van der Waals surface area contributed by atoms with Crippen LogP contribution < -0.4 is 10.5 Å². The summed E-state index contributed by atoms with van der Waals surface area (Å²) in [5, 5.41) is 4.67. The van der Waals surface area contributed by atoms with E-state index in [0.717, 1.165) is 0 Å². The zero-order chi connectivity index (χ0) is 13.4. The second kappa shape index (κ2) is 4.20. The maximum atomic E-state index is 13.7. The molecular weight excluding hydrogens is 249 g/mol. The molecule has 0 bridgehead atoms. The lowest BCUT2D eigenvalue weighted by atomic mass is 10.3. The number of anilines is 1. The average Bonchev–Trinajstić information content (AvgIpc) is 2.76. The van der Waals surface area contributed by atoms with Crippen LogP contribution in [-0.2, 0) is 7.05 Å². The molecule has 6 nitrogen and oxygen atoms in total. The molecule has 0 saturated heterocycles. The van der Waals surface area contributed by atoms with Crippen molar-refractivity contribution >= 4 is 16.7 Å². The lowest BCUT2D eigenvalue weighted by molar-refractivity contribution is 0.432. The van der Waals surface area contributed by atoms with E-state index >= 15 is 0 Å². The molecule has 0 fully saturated rings. The fourth-order valence-electron chi connectivity index (χ4n) is 1.73. The van der Waals surface area contributed by atoms with Gasteiger partial charge in [-0.15, -0.1) is 0 Å². The molecule has 19 heavy (non-hydrogen) atoms. The van der Waals surface area contributed by atoms with E-state index in [0.29, 0.717) is 16.7 Å². The first-order valence-corrected chi connectivity index (χ1v) is 5.51. The fraction of sp³-hybridized carbons (Fsp3) is 0.0833. The Morgan fingerprint density at radius 3 is 2.95 bits per heavy atom. The van der Waals surface area contributed by atoms with Gasteiger partial charge in [-0.1, -0.05) is 0 Å². The summed E-state index contributed by atoms with van der Waals surface area (Å²) in [6.45, 7) is 0. The van der Waals surface area contributed by atoms with Gasteiger partial charge in [0.1, 0.15) is 11.7 Å². The Morgan fingerprint density at radius 2 is 2.16 bits per heavy atom. The zero-order valence-corrected chi connectivity index (χ0v) is 10.0. The molecule has 2 aromatic heterocycles. The van der Waals surface area contributed by atoms with Crippen molar-refractivity contribution in [1.82, 2.24) is 19.7 Å². The Labute approximate surface area is 107 Å². The van der Waals surface area contributed by atoms with Crippen molar-refractivity contribution in [1.29, 1.82) is 0 Å². The van der Waals surface area contributed by atoms with Gasteiger partial charge in [-0.05, 0) is 12.1 Å². The minimum atomic E-state index is -0.546. The summed E-state index contributed by atoms with van der Waals surface area (Å²) < 4.78 is 20.7. The molecule has 0 radical (unpaired) electrons. The SMILES string of the molecule is Cn1ncc2c(Oc3ccc(N)cc3F)ncnc21. The highest BCUT2D eigenvalue weighted by Gasteiger charge is 2.12. The summed E-state index contributed by atoms with van der Waals surface area (Å²) >= 11 is 0. The fourth-order valence-corrected chi connectivity index (χ4v) is 1.73. The van der Waals surface area contributed by atoms with Gasteiger partial charge >= 0.3 is 0 Å². The molecule has 0 spiro atoms. The topological polar surface area (TPSA) is 78.9 Å². The molecule has 96 valence electrons. The van der Waals surface area contributed by atoms with Crippen molar-refractivity contribution < 1.29 is 9.13 Å². The second-order valence-electron chi connectivity index (χ2n) is 3.98. The highest BCUT2D eigenvalue weighted by atomic mass is 19.1. The Bertz CT molecular complexity index is 755. The van der Waals surface area contributed by atoms with Crippen molar-refractivity contribution in [3.8, 4) is 11.6 Å². The molecule has 0 unspecified atom stereocenters. The average molecular weight is 259 g/mol. The van der Waals surface area contributed by atoms with Gasteiger partial charge in [-0.2, -0.15) is 5.10 Å². The van der Waals surface area contributed by atoms with E-state index in [1.54, 1.807) is 24.0 Å². The smallest absolute Gasteiger partial charge is 0.233 e. The zero-order valence-electron chi connectivity index (χ0n) is 10.0. The maximum absolute atomic E-state index is 13.7. The second-order valence-corrected chi connectivity index (χ2v) is 3.98. The van der Waals surface area contributed by atoms with Gasteiger partial charge < -0.3 is 10.5 Å². The Balaban J connectivity index is 2.06. The van der Waals surface area contributed by atoms with Gasteiger partial charge in [0.15, 0.2) is 17.2 Å². The third-order valence-corrected chi connectivity index (χ3v) is 2.66. The Kier molecular flexibility index (Phi) is 2.52. The third kappa shape index (κ3) is 1.95. The highest BCUT2D eigenvalue weighted by molar-refractivity contribution is 5.79. The quantitative estimate of drug-likeness (QED) is 0.711. The first-order valence-electron chi connectivity index (χ1n) is 5.51. The number of nitrogens with zero attached hydrogens (tertiary/aromatic N) is 4. The van der Waals surface area contributed by atoms with Crippen molar-refractivity contribution in [3.63, 3.8) is 0 Å². The first-order chi connectivity index (χ1) is 9.15. The lowest BCUT2D eigenvalue weighted by Gasteiger charge is -2.06. The summed E-state index contributed by atoms with van der Waals surface area (Å²) in [6, 6.07) is 4.20. The van der Waals surface area contributed by atoms with Crippen LogP contribution in [0.25, 0.3) is 11.0 Å². The Hall–Kier alpha value is -2.70. The molecule has 2 heterocycles. The van der Waals surface area contributed by atoms with E-state index in [1.165, 1.54) is 18.5 Å². The number of hydrogen-bond acceptors (Lipinski definition) is 5. The summed E-state index contributed by atoms with van der Waals surface area (Å²) in [5.74, 6) is -0.240. The van der Waals surface area contributed by atoms with Crippen LogP contribution in [0.5, 0.6) is 11.6 Å². The summed E-state index contributed by atoms with van der Waals surface area (Å²) in [5.41, 5.74) is 6.42. The number of hydrogen-bond donors (Lipinski definition) is 1. The molecule has 0 aliphatic carbocycles. The van der Waals surface area contributed by atoms with Gasteiger partial charge in [-0.3, -0.25) is 4.68 Å². The molecule has 0 aliphatic rings. The number of fused-ring (bicyclic) bond motifs is 1. The van der Waals surface area contributed by atoms with E-state index in [1.807, 2.05) is 0 Å². The maximum Gasteiger partial charge on any atom is 0.233 e. The Morgan fingerprint density at radius 1 is 1.32 bits per heavy atom. The van der Waals surface area contributed by atoms with Crippen LogP contribution in [-0.4, -0.2) is 19.7 Å². The van der Waals surface area contributed by atoms with Crippen LogP contribution in [0.4, 0.5) is 10.1 Å². The van der Waals surface area contributed by atoms with Gasteiger partial charge in [0.05, 0.1) is 6.20 Å². The number of benzene rings is 1. The molecule has 7 heteroatoms. The van der Waals surface area contributed by atoms with Crippen LogP contribution >= 0.6 is 0 Å². The number of nitrogens with two attached hydrogens (primary N) is 1. The molecule has 2 N–H and O–H groups in total. The summed E-state index contributed by atoms with van der Waals surface area (Å²) in [7, 11) is 1.75. The number of halogens is 1. The number of nitrogen functional groups attached to an aromatic ring is 1. The first kappa shape index (κ1) is 11.4. The minimum Gasteiger partial charge on any atom is -0.435 e. The largest absolute Gasteiger partial charge is 0.435 e. The standard InChI is InChI=1S/C12H10FN5O/c1-18-11-8(5-17-18)12(16-6-15-11)19-10-3-2-7(14)4-9(10)13/h2-6H,14H2,1H3. The van der Waals surface area contributed by atoms with Crippen LogP contribution in [0, 0.1) is 5.82 Å². The van der Waals surface area contributed by atoms with Crippen LogP contribution in [0.2, 0.25) is 0 Å². The van der Waals surface area contributed by atoms with Gasteiger partial charge in [-0.25, -0.2) is 14.4 Å². The van der Waals surface area contributed by atoms with E-state index in [9.17, 15) is 4.39 Å². The molecule has 3 rings (SSSR count). The van der Waals surface area contributed by atoms with Crippen molar-refractivity contribution in [2.75, 3.05) is 5.73 Å². The van der Waals surface area contributed by atoms with Crippen LogP contribution in [0.15, 0.2) is 30.7 Å².